The minimum Gasteiger partial charge on any atom is -0.352 e. The van der Waals surface area contributed by atoms with E-state index in [1.165, 1.54) is 18.2 Å². The number of rotatable bonds is 8. The van der Waals surface area contributed by atoms with Gasteiger partial charge in [0, 0.05) is 18.2 Å². The van der Waals surface area contributed by atoms with Gasteiger partial charge in [0.05, 0.1) is 4.92 Å². The Bertz CT molecular complexity index is 477. The molecule has 0 aromatic heterocycles. The lowest BCUT2D eigenvalue weighted by Gasteiger charge is -2.07. The molecule has 0 radical (unpaired) electrons. The number of anilines is 1. The summed E-state index contributed by atoms with van der Waals surface area (Å²) < 4.78 is 0. The summed E-state index contributed by atoms with van der Waals surface area (Å²) in [6.07, 6.45) is 4.29. The number of amides is 1. The van der Waals surface area contributed by atoms with E-state index in [2.05, 4.69) is 17.7 Å². The fourth-order valence-electron chi connectivity index (χ4n) is 1.81. The summed E-state index contributed by atoms with van der Waals surface area (Å²) in [5.41, 5.74) is 2.54. The van der Waals surface area contributed by atoms with E-state index in [4.69, 9.17) is 5.84 Å². The van der Waals surface area contributed by atoms with Crippen molar-refractivity contribution in [3.63, 3.8) is 0 Å². The number of nitrogens with zero attached hydrogens (tertiary/aromatic N) is 1. The van der Waals surface area contributed by atoms with Crippen LogP contribution >= 0.6 is 0 Å². The molecule has 0 atom stereocenters. The maximum absolute atomic E-state index is 11.9. The molecule has 1 aromatic carbocycles. The van der Waals surface area contributed by atoms with Crippen LogP contribution in [-0.4, -0.2) is 17.4 Å². The fourth-order valence-corrected chi connectivity index (χ4v) is 1.81. The first-order valence-corrected chi connectivity index (χ1v) is 6.63. The van der Waals surface area contributed by atoms with E-state index in [9.17, 15) is 14.9 Å². The Balaban J connectivity index is 2.62. The molecule has 0 saturated carbocycles. The molecular formula is C13H20N4O3. The van der Waals surface area contributed by atoms with Gasteiger partial charge >= 0.3 is 0 Å². The largest absolute Gasteiger partial charge is 0.352 e. The van der Waals surface area contributed by atoms with Gasteiger partial charge in [-0.3, -0.25) is 20.8 Å². The van der Waals surface area contributed by atoms with Crippen molar-refractivity contribution in [3.8, 4) is 0 Å². The molecule has 0 spiro atoms. The van der Waals surface area contributed by atoms with Crippen LogP contribution in [0.4, 0.5) is 11.4 Å². The highest BCUT2D eigenvalue weighted by Crippen LogP contribution is 2.24. The predicted octanol–water partition coefficient (Wildman–Crippen LogP) is 2.19. The lowest BCUT2D eigenvalue weighted by molar-refractivity contribution is -0.384. The molecule has 0 aliphatic heterocycles. The molecule has 0 bridgehead atoms. The number of nitrogens with one attached hydrogen (secondary N) is 2. The van der Waals surface area contributed by atoms with Crippen molar-refractivity contribution < 1.29 is 9.72 Å². The Kier molecular flexibility index (Phi) is 6.45. The number of carbonyl (C=O) groups is 1. The fraction of sp³-hybridized carbons (Fsp3) is 0.462. The second kappa shape index (κ2) is 8.11. The zero-order valence-electron chi connectivity index (χ0n) is 11.5. The van der Waals surface area contributed by atoms with Gasteiger partial charge in [0.15, 0.2) is 0 Å². The van der Waals surface area contributed by atoms with E-state index >= 15 is 0 Å². The van der Waals surface area contributed by atoms with Crippen molar-refractivity contribution in [3.05, 3.63) is 33.9 Å². The van der Waals surface area contributed by atoms with E-state index in [0.29, 0.717) is 12.1 Å². The molecule has 1 rings (SSSR count). The van der Waals surface area contributed by atoms with Crippen LogP contribution in [0.1, 0.15) is 43.0 Å². The molecule has 1 aromatic rings. The third-order valence-corrected chi connectivity index (χ3v) is 2.93. The Labute approximate surface area is 117 Å². The second-order valence-electron chi connectivity index (χ2n) is 4.45. The zero-order chi connectivity index (χ0) is 15.0. The molecular weight excluding hydrogens is 260 g/mol. The average molecular weight is 280 g/mol. The number of nitro benzene ring substituents is 1. The number of nitro groups is 1. The van der Waals surface area contributed by atoms with Gasteiger partial charge in [-0.2, -0.15) is 0 Å². The van der Waals surface area contributed by atoms with E-state index in [1.807, 2.05) is 0 Å². The third-order valence-electron chi connectivity index (χ3n) is 2.93. The van der Waals surface area contributed by atoms with Crippen LogP contribution in [-0.2, 0) is 0 Å². The van der Waals surface area contributed by atoms with Gasteiger partial charge in [0.1, 0.15) is 5.69 Å². The number of benzene rings is 1. The van der Waals surface area contributed by atoms with Crippen LogP contribution < -0.4 is 16.6 Å². The quantitative estimate of drug-likeness (QED) is 0.292. The zero-order valence-corrected chi connectivity index (χ0v) is 11.5. The Morgan fingerprint density at radius 1 is 1.35 bits per heavy atom. The molecule has 0 saturated heterocycles. The van der Waals surface area contributed by atoms with Gasteiger partial charge in [0.25, 0.3) is 11.6 Å². The summed E-state index contributed by atoms with van der Waals surface area (Å²) in [5, 5.41) is 13.5. The number of unbranched alkanes of at least 4 members (excludes halogenated alkanes) is 3. The van der Waals surface area contributed by atoms with Crippen molar-refractivity contribution in [2.45, 2.75) is 32.6 Å². The first-order valence-electron chi connectivity index (χ1n) is 6.63. The highest BCUT2D eigenvalue weighted by Gasteiger charge is 2.15. The van der Waals surface area contributed by atoms with Gasteiger partial charge in [-0.1, -0.05) is 26.2 Å². The first kappa shape index (κ1) is 15.9. The molecule has 110 valence electrons. The summed E-state index contributed by atoms with van der Waals surface area (Å²) in [5.74, 6) is 4.97. The topological polar surface area (TPSA) is 110 Å². The van der Waals surface area contributed by atoms with Crippen LogP contribution in [0.3, 0.4) is 0 Å². The van der Waals surface area contributed by atoms with Crippen LogP contribution in [0.25, 0.3) is 0 Å². The molecule has 0 heterocycles. The first-order chi connectivity index (χ1) is 9.60. The van der Waals surface area contributed by atoms with E-state index in [0.717, 1.165) is 25.7 Å². The normalized spacial score (nSPS) is 10.1. The molecule has 4 N–H and O–H groups in total. The van der Waals surface area contributed by atoms with E-state index < -0.39 is 4.92 Å². The molecule has 0 fully saturated rings. The van der Waals surface area contributed by atoms with Crippen LogP contribution in [0, 0.1) is 10.1 Å². The predicted molar refractivity (Wildman–Crippen MR) is 77.4 cm³/mol. The Morgan fingerprint density at radius 2 is 2.10 bits per heavy atom. The number of carbonyl (C=O) groups excluding carboxylic acids is 1. The SMILES string of the molecule is CCCCCCNC(=O)c1ccc([N+](=O)[O-])c(NN)c1. The maximum atomic E-state index is 11.9. The molecule has 0 unspecified atom stereocenters. The lowest BCUT2D eigenvalue weighted by atomic mass is 10.1. The van der Waals surface area contributed by atoms with Crippen LogP contribution in [0.5, 0.6) is 0 Å². The standard InChI is InChI=1S/C13H20N4O3/c1-2-3-4-5-8-15-13(18)10-6-7-12(17(19)20)11(9-10)16-14/h6-7,9,16H,2-5,8,14H2,1H3,(H,15,18). The third kappa shape index (κ3) is 4.51. The molecule has 20 heavy (non-hydrogen) atoms. The number of hydrogen-bond acceptors (Lipinski definition) is 5. The number of nitrogens with two attached hydrogens (primary N) is 1. The summed E-state index contributed by atoms with van der Waals surface area (Å²) in [6, 6.07) is 4.06. The second-order valence-corrected chi connectivity index (χ2v) is 4.45. The highest BCUT2D eigenvalue weighted by atomic mass is 16.6. The molecule has 7 heteroatoms. The molecule has 0 aliphatic carbocycles. The molecule has 7 nitrogen and oxygen atoms in total. The number of hydrogen-bond donors (Lipinski definition) is 3. The monoisotopic (exact) mass is 280 g/mol. The van der Waals surface area contributed by atoms with Gasteiger partial charge in [-0.15, -0.1) is 0 Å². The van der Waals surface area contributed by atoms with Gasteiger partial charge in [-0.05, 0) is 18.6 Å². The minimum atomic E-state index is -0.554. The summed E-state index contributed by atoms with van der Waals surface area (Å²) in [4.78, 5) is 22.1. The Morgan fingerprint density at radius 3 is 2.70 bits per heavy atom. The van der Waals surface area contributed by atoms with Gasteiger partial charge in [-0.25, -0.2) is 0 Å². The van der Waals surface area contributed by atoms with Crippen molar-refractivity contribution in [2.24, 2.45) is 5.84 Å². The van der Waals surface area contributed by atoms with Gasteiger partial charge in [0.2, 0.25) is 0 Å². The van der Waals surface area contributed by atoms with Gasteiger partial charge < -0.3 is 10.7 Å². The number of nitrogen functional groups attached to an aromatic ring is 1. The maximum Gasteiger partial charge on any atom is 0.293 e. The smallest absolute Gasteiger partial charge is 0.293 e. The number of hydrazine groups is 1. The Hall–Kier alpha value is -2.15. The van der Waals surface area contributed by atoms with E-state index in [1.54, 1.807) is 0 Å². The van der Waals surface area contributed by atoms with E-state index in [-0.39, 0.29) is 17.3 Å². The highest BCUT2D eigenvalue weighted by molar-refractivity contribution is 5.95. The van der Waals surface area contributed by atoms with Crippen molar-refractivity contribution in [1.82, 2.24) is 5.32 Å². The average Bonchev–Trinajstić information content (AvgIpc) is 2.45. The summed E-state index contributed by atoms with van der Waals surface area (Å²) >= 11 is 0. The van der Waals surface area contributed by atoms with Crippen molar-refractivity contribution >= 4 is 17.3 Å². The van der Waals surface area contributed by atoms with Crippen LogP contribution in [0.2, 0.25) is 0 Å². The summed E-state index contributed by atoms with van der Waals surface area (Å²) in [6.45, 7) is 2.72. The van der Waals surface area contributed by atoms with Crippen molar-refractivity contribution in [2.75, 3.05) is 12.0 Å². The van der Waals surface area contributed by atoms with Crippen molar-refractivity contribution in [1.29, 1.82) is 0 Å². The molecule has 1 amide bonds. The lowest BCUT2D eigenvalue weighted by Crippen LogP contribution is -2.24. The summed E-state index contributed by atoms with van der Waals surface area (Å²) in [7, 11) is 0. The molecule has 0 aliphatic rings. The minimum absolute atomic E-state index is 0.119. The van der Waals surface area contributed by atoms with Crippen LogP contribution in [0.15, 0.2) is 18.2 Å².